The predicted molar refractivity (Wildman–Crippen MR) is 68.0 cm³/mol. The molecule has 0 spiro atoms. The van der Waals surface area contributed by atoms with E-state index in [-0.39, 0.29) is 0 Å². The van der Waals surface area contributed by atoms with E-state index in [4.69, 9.17) is 0 Å². The van der Waals surface area contributed by atoms with Crippen LogP contribution in [0.2, 0.25) is 0 Å². The summed E-state index contributed by atoms with van der Waals surface area (Å²) in [5.41, 5.74) is 3.53. The summed E-state index contributed by atoms with van der Waals surface area (Å²) in [5, 5.41) is 4.39. The number of aromatic nitrogens is 2. The Morgan fingerprint density at radius 1 is 1.35 bits per heavy atom. The first-order valence-electron chi connectivity index (χ1n) is 6.61. The topological polar surface area (TPSA) is 34.9 Å². The minimum Gasteiger partial charge on any atom is -0.299 e. The Kier molecular flexibility index (Phi) is 3.65. The predicted octanol–water partition coefficient (Wildman–Crippen LogP) is 2.73. The zero-order valence-electron chi connectivity index (χ0n) is 11.1. The number of carbonyl (C=O) groups is 1. The van der Waals surface area contributed by atoms with Crippen molar-refractivity contribution in [1.29, 1.82) is 0 Å². The van der Waals surface area contributed by atoms with Crippen molar-refractivity contribution >= 4 is 5.78 Å². The van der Waals surface area contributed by atoms with Gasteiger partial charge < -0.3 is 0 Å². The molecule has 0 atom stereocenters. The van der Waals surface area contributed by atoms with Gasteiger partial charge in [0.1, 0.15) is 5.78 Å². The molecule has 0 aromatic carbocycles. The minimum atomic E-state index is 0.354. The van der Waals surface area contributed by atoms with Crippen LogP contribution in [0.5, 0.6) is 0 Å². The first kappa shape index (κ1) is 12.3. The zero-order chi connectivity index (χ0) is 12.4. The average Bonchev–Trinajstić information content (AvgIpc) is 2.88. The van der Waals surface area contributed by atoms with Gasteiger partial charge in [0.25, 0.3) is 0 Å². The van der Waals surface area contributed by atoms with E-state index >= 15 is 0 Å². The molecular formula is C14H22N2O. The van der Waals surface area contributed by atoms with E-state index in [9.17, 15) is 4.79 Å². The fourth-order valence-electron chi connectivity index (χ4n) is 2.88. The van der Waals surface area contributed by atoms with E-state index in [0.717, 1.165) is 25.0 Å². The minimum absolute atomic E-state index is 0.354. The number of rotatable bonds is 4. The van der Waals surface area contributed by atoms with Gasteiger partial charge in [0.15, 0.2) is 0 Å². The van der Waals surface area contributed by atoms with Crippen LogP contribution in [0.3, 0.4) is 0 Å². The van der Waals surface area contributed by atoms with E-state index < -0.39 is 0 Å². The Balaban J connectivity index is 1.95. The summed E-state index contributed by atoms with van der Waals surface area (Å²) in [6.07, 6.45) is 6.26. The number of hydrogen-bond donors (Lipinski definition) is 0. The summed E-state index contributed by atoms with van der Waals surface area (Å²) in [6, 6.07) is 0. The van der Waals surface area contributed by atoms with E-state index in [1.54, 1.807) is 0 Å². The van der Waals surface area contributed by atoms with Crippen LogP contribution in [0, 0.1) is 19.8 Å². The number of Topliss-reactive ketones (excluding diaryl/α,β-unsaturated/α-hetero) is 1. The molecule has 1 aliphatic rings. The van der Waals surface area contributed by atoms with E-state index in [1.165, 1.54) is 24.1 Å². The molecule has 1 aromatic heterocycles. The number of aryl methyl sites for hydroxylation is 2. The molecule has 94 valence electrons. The van der Waals surface area contributed by atoms with Crippen LogP contribution < -0.4 is 0 Å². The normalized spacial score (nSPS) is 16.6. The Hall–Kier alpha value is -1.12. The maximum absolute atomic E-state index is 12.0. The Morgan fingerprint density at radius 3 is 2.53 bits per heavy atom. The van der Waals surface area contributed by atoms with Crippen LogP contribution in [0.15, 0.2) is 0 Å². The van der Waals surface area contributed by atoms with Crippen molar-refractivity contribution in [2.45, 2.75) is 52.4 Å². The molecule has 3 heteroatoms. The molecule has 1 aliphatic carbocycles. The van der Waals surface area contributed by atoms with Gasteiger partial charge in [-0.1, -0.05) is 12.8 Å². The van der Waals surface area contributed by atoms with Gasteiger partial charge in [-0.15, -0.1) is 0 Å². The zero-order valence-corrected chi connectivity index (χ0v) is 11.1. The smallest absolute Gasteiger partial charge is 0.136 e. The maximum atomic E-state index is 12.0. The lowest BCUT2D eigenvalue weighted by Crippen LogP contribution is -2.11. The fraction of sp³-hybridized carbons (Fsp3) is 0.714. The molecule has 17 heavy (non-hydrogen) atoms. The molecule has 1 aromatic rings. The molecule has 1 fully saturated rings. The van der Waals surface area contributed by atoms with Gasteiger partial charge in [0.05, 0.1) is 5.69 Å². The number of hydrogen-bond acceptors (Lipinski definition) is 2. The lowest BCUT2D eigenvalue weighted by Gasteiger charge is -2.07. The maximum Gasteiger partial charge on any atom is 0.136 e. The summed E-state index contributed by atoms with van der Waals surface area (Å²) < 4.78 is 1.91. The molecule has 3 nitrogen and oxygen atoms in total. The van der Waals surface area contributed by atoms with Crippen molar-refractivity contribution in [2.24, 2.45) is 13.0 Å². The Labute approximate surface area is 103 Å². The first-order valence-corrected chi connectivity index (χ1v) is 6.61. The molecule has 2 rings (SSSR count). The molecule has 0 radical (unpaired) electrons. The first-order chi connectivity index (χ1) is 8.09. The van der Waals surface area contributed by atoms with Gasteiger partial charge in [0.2, 0.25) is 0 Å². The van der Waals surface area contributed by atoms with Crippen LogP contribution in [-0.2, 0) is 18.3 Å². The largest absolute Gasteiger partial charge is 0.299 e. The third kappa shape index (κ3) is 2.59. The van der Waals surface area contributed by atoms with Gasteiger partial charge >= 0.3 is 0 Å². The summed E-state index contributed by atoms with van der Waals surface area (Å²) in [6.45, 7) is 4.11. The van der Waals surface area contributed by atoms with Crippen molar-refractivity contribution in [2.75, 3.05) is 0 Å². The van der Waals surface area contributed by atoms with E-state index in [1.807, 2.05) is 18.7 Å². The summed E-state index contributed by atoms with van der Waals surface area (Å²) in [7, 11) is 1.96. The molecule has 0 saturated heterocycles. The van der Waals surface area contributed by atoms with E-state index in [0.29, 0.717) is 18.1 Å². The van der Waals surface area contributed by atoms with Gasteiger partial charge in [-0.25, -0.2) is 0 Å². The van der Waals surface area contributed by atoms with Crippen molar-refractivity contribution in [3.63, 3.8) is 0 Å². The Morgan fingerprint density at radius 2 is 2.00 bits per heavy atom. The second kappa shape index (κ2) is 5.03. The van der Waals surface area contributed by atoms with Crippen LogP contribution in [0.4, 0.5) is 0 Å². The van der Waals surface area contributed by atoms with Crippen molar-refractivity contribution in [3.05, 3.63) is 17.0 Å². The number of carbonyl (C=O) groups excluding carboxylic acids is 1. The SMILES string of the molecule is Cc1nn(C)c(C)c1CCC(=O)C1CCCC1. The van der Waals surface area contributed by atoms with Crippen molar-refractivity contribution < 1.29 is 4.79 Å². The number of nitrogens with zero attached hydrogens (tertiary/aromatic N) is 2. The third-order valence-corrected chi connectivity index (χ3v) is 4.09. The van der Waals surface area contributed by atoms with Gasteiger partial charge in [-0.2, -0.15) is 5.10 Å². The Bertz CT molecular complexity index is 414. The second-order valence-electron chi connectivity index (χ2n) is 5.22. The summed E-state index contributed by atoms with van der Waals surface area (Å²) in [4.78, 5) is 12.0. The van der Waals surface area contributed by atoms with Crippen LogP contribution in [0.25, 0.3) is 0 Å². The highest BCUT2D eigenvalue weighted by Crippen LogP contribution is 2.27. The molecule has 0 unspecified atom stereocenters. The lowest BCUT2D eigenvalue weighted by atomic mass is 9.96. The van der Waals surface area contributed by atoms with Gasteiger partial charge in [0, 0.05) is 25.1 Å². The summed E-state index contributed by atoms with van der Waals surface area (Å²) in [5.74, 6) is 0.817. The molecule has 1 heterocycles. The average molecular weight is 234 g/mol. The fourth-order valence-corrected chi connectivity index (χ4v) is 2.88. The van der Waals surface area contributed by atoms with Crippen LogP contribution in [0.1, 0.15) is 49.1 Å². The second-order valence-corrected chi connectivity index (χ2v) is 5.22. The summed E-state index contributed by atoms with van der Waals surface area (Å²) >= 11 is 0. The molecule has 0 aliphatic heterocycles. The molecule has 0 amide bonds. The molecule has 1 saturated carbocycles. The number of ketones is 1. The van der Waals surface area contributed by atoms with Crippen LogP contribution in [-0.4, -0.2) is 15.6 Å². The van der Waals surface area contributed by atoms with Gasteiger partial charge in [-0.05, 0) is 38.7 Å². The highest BCUT2D eigenvalue weighted by atomic mass is 16.1. The van der Waals surface area contributed by atoms with Crippen molar-refractivity contribution in [1.82, 2.24) is 9.78 Å². The highest BCUT2D eigenvalue weighted by molar-refractivity contribution is 5.81. The van der Waals surface area contributed by atoms with Crippen molar-refractivity contribution in [3.8, 4) is 0 Å². The molecule has 0 bridgehead atoms. The standard InChI is InChI=1S/C14H22N2O/c1-10-13(11(2)16(3)15-10)8-9-14(17)12-6-4-5-7-12/h12H,4-9H2,1-3H3. The van der Waals surface area contributed by atoms with Gasteiger partial charge in [-0.3, -0.25) is 9.48 Å². The lowest BCUT2D eigenvalue weighted by molar-refractivity contribution is -0.122. The third-order valence-electron chi connectivity index (χ3n) is 4.09. The van der Waals surface area contributed by atoms with E-state index in [2.05, 4.69) is 12.0 Å². The van der Waals surface area contributed by atoms with Crippen LogP contribution >= 0.6 is 0 Å². The highest BCUT2D eigenvalue weighted by Gasteiger charge is 2.22. The quantitative estimate of drug-likeness (QED) is 0.803. The molecule has 0 N–H and O–H groups in total. The molecular weight excluding hydrogens is 212 g/mol. The monoisotopic (exact) mass is 234 g/mol.